The molecule has 1 saturated heterocycles. The second-order valence-corrected chi connectivity index (χ2v) is 8.92. The standard InChI is InChI=1S/C18H23ClN4O4S/c1-14-16(17(19)23(21-14)13-15-5-3-2-4-6-15)18(24)20-7-12-28(25,26)22-8-10-27-11-9-22/h2-6H,7-13H2,1H3,(H,20,24). The van der Waals surface area contributed by atoms with Gasteiger partial charge in [0.1, 0.15) is 5.15 Å². The van der Waals surface area contributed by atoms with Crippen molar-refractivity contribution in [1.82, 2.24) is 19.4 Å². The highest BCUT2D eigenvalue weighted by Gasteiger charge is 2.25. The lowest BCUT2D eigenvalue weighted by molar-refractivity contribution is 0.0730. The molecule has 1 aromatic heterocycles. The Hall–Kier alpha value is -1.94. The van der Waals surface area contributed by atoms with Crippen molar-refractivity contribution >= 4 is 27.5 Å². The summed E-state index contributed by atoms with van der Waals surface area (Å²) in [6.07, 6.45) is 0. The van der Waals surface area contributed by atoms with Crippen LogP contribution in [0.4, 0.5) is 0 Å². The van der Waals surface area contributed by atoms with Crippen molar-refractivity contribution in [1.29, 1.82) is 0 Å². The maximum absolute atomic E-state index is 12.5. The van der Waals surface area contributed by atoms with Gasteiger partial charge in [-0.15, -0.1) is 0 Å². The molecule has 0 bridgehead atoms. The van der Waals surface area contributed by atoms with E-state index in [1.54, 1.807) is 11.6 Å². The van der Waals surface area contributed by atoms with Crippen molar-refractivity contribution in [3.8, 4) is 0 Å². The van der Waals surface area contributed by atoms with E-state index in [2.05, 4.69) is 10.4 Å². The van der Waals surface area contributed by atoms with Crippen LogP contribution < -0.4 is 5.32 Å². The second kappa shape index (κ2) is 9.04. The van der Waals surface area contributed by atoms with Crippen molar-refractivity contribution in [2.24, 2.45) is 0 Å². The number of hydrogen-bond acceptors (Lipinski definition) is 5. The van der Waals surface area contributed by atoms with E-state index in [1.807, 2.05) is 30.3 Å². The number of morpholine rings is 1. The first-order valence-electron chi connectivity index (χ1n) is 8.99. The minimum absolute atomic E-state index is 0.00183. The molecule has 1 aliphatic heterocycles. The quantitative estimate of drug-likeness (QED) is 0.719. The van der Waals surface area contributed by atoms with Crippen molar-refractivity contribution < 1.29 is 17.9 Å². The summed E-state index contributed by atoms with van der Waals surface area (Å²) in [6.45, 7) is 3.60. The van der Waals surface area contributed by atoms with Crippen LogP contribution in [-0.4, -0.2) is 67.0 Å². The lowest BCUT2D eigenvalue weighted by Gasteiger charge is -2.26. The van der Waals surface area contributed by atoms with Crippen molar-refractivity contribution in [3.05, 3.63) is 52.3 Å². The molecule has 1 aliphatic rings. The summed E-state index contributed by atoms with van der Waals surface area (Å²) in [5.41, 5.74) is 1.77. The first-order valence-corrected chi connectivity index (χ1v) is 11.0. The lowest BCUT2D eigenvalue weighted by atomic mass is 10.2. The number of aryl methyl sites for hydroxylation is 1. The molecule has 152 valence electrons. The fraction of sp³-hybridized carbons (Fsp3) is 0.444. The minimum Gasteiger partial charge on any atom is -0.379 e. The molecule has 1 aromatic carbocycles. The summed E-state index contributed by atoms with van der Waals surface area (Å²) < 4.78 is 32.8. The van der Waals surface area contributed by atoms with E-state index in [0.717, 1.165) is 5.56 Å². The summed E-state index contributed by atoms with van der Waals surface area (Å²) >= 11 is 6.36. The topological polar surface area (TPSA) is 93.5 Å². The van der Waals surface area contributed by atoms with Gasteiger partial charge in [-0.1, -0.05) is 41.9 Å². The van der Waals surface area contributed by atoms with Gasteiger partial charge >= 0.3 is 0 Å². The number of ether oxygens (including phenoxy) is 1. The highest BCUT2D eigenvalue weighted by atomic mass is 35.5. The molecule has 10 heteroatoms. The summed E-state index contributed by atoms with van der Waals surface area (Å²) in [5, 5.41) is 7.21. The highest BCUT2D eigenvalue weighted by molar-refractivity contribution is 7.89. The van der Waals surface area contributed by atoms with Gasteiger partial charge in [0.15, 0.2) is 0 Å². The van der Waals surface area contributed by atoms with Crippen LogP contribution in [0.5, 0.6) is 0 Å². The molecule has 1 amide bonds. The normalized spacial score (nSPS) is 15.5. The highest BCUT2D eigenvalue weighted by Crippen LogP contribution is 2.21. The molecule has 8 nitrogen and oxygen atoms in total. The van der Waals surface area contributed by atoms with Gasteiger partial charge < -0.3 is 10.1 Å². The summed E-state index contributed by atoms with van der Waals surface area (Å²) in [7, 11) is -3.43. The van der Waals surface area contributed by atoms with Gasteiger partial charge in [0, 0.05) is 19.6 Å². The van der Waals surface area contributed by atoms with Crippen LogP contribution in [0, 0.1) is 6.92 Å². The third-order valence-corrected chi connectivity index (χ3v) is 6.73. The maximum Gasteiger partial charge on any atom is 0.256 e. The van der Waals surface area contributed by atoms with Gasteiger partial charge in [-0.2, -0.15) is 9.40 Å². The molecule has 2 heterocycles. The molecular formula is C18H23ClN4O4S. The van der Waals surface area contributed by atoms with Gasteiger partial charge in [-0.3, -0.25) is 4.79 Å². The largest absolute Gasteiger partial charge is 0.379 e. The summed E-state index contributed by atoms with van der Waals surface area (Å²) in [5.74, 6) is -0.605. The van der Waals surface area contributed by atoms with E-state index < -0.39 is 15.9 Å². The fourth-order valence-corrected chi connectivity index (χ4v) is 4.65. The Bertz CT molecular complexity index is 925. The molecule has 28 heavy (non-hydrogen) atoms. The zero-order valence-electron chi connectivity index (χ0n) is 15.6. The predicted octanol–water partition coefficient (Wildman–Crippen LogP) is 1.29. The molecule has 2 aromatic rings. The van der Waals surface area contributed by atoms with E-state index in [1.165, 1.54) is 4.31 Å². The number of nitrogens with zero attached hydrogens (tertiary/aromatic N) is 3. The van der Waals surface area contributed by atoms with Crippen molar-refractivity contribution in [2.75, 3.05) is 38.6 Å². The van der Waals surface area contributed by atoms with Crippen LogP contribution in [0.15, 0.2) is 30.3 Å². The van der Waals surface area contributed by atoms with Gasteiger partial charge in [-0.25, -0.2) is 13.1 Å². The Morgan fingerprint density at radius 1 is 1.25 bits per heavy atom. The Morgan fingerprint density at radius 2 is 1.93 bits per heavy atom. The number of amides is 1. The average molecular weight is 427 g/mol. The number of nitrogens with one attached hydrogen (secondary N) is 1. The van der Waals surface area contributed by atoms with E-state index in [9.17, 15) is 13.2 Å². The first-order chi connectivity index (χ1) is 13.4. The lowest BCUT2D eigenvalue weighted by Crippen LogP contribution is -2.43. The number of benzene rings is 1. The molecule has 0 saturated carbocycles. The maximum atomic E-state index is 12.5. The van der Waals surface area contributed by atoms with Crippen molar-refractivity contribution in [2.45, 2.75) is 13.5 Å². The zero-order chi connectivity index (χ0) is 20.1. The number of hydrogen-bond donors (Lipinski definition) is 1. The van der Waals surface area contributed by atoms with Crippen LogP contribution in [0.25, 0.3) is 0 Å². The summed E-state index contributed by atoms with van der Waals surface area (Å²) in [6, 6.07) is 9.65. The smallest absolute Gasteiger partial charge is 0.256 e. The minimum atomic E-state index is -3.43. The van der Waals surface area contributed by atoms with Gasteiger partial charge in [-0.05, 0) is 12.5 Å². The van der Waals surface area contributed by atoms with Crippen LogP contribution in [0.2, 0.25) is 5.15 Å². The van der Waals surface area contributed by atoms with E-state index in [0.29, 0.717) is 38.5 Å². The fourth-order valence-electron chi connectivity index (χ4n) is 3.01. The molecular weight excluding hydrogens is 404 g/mol. The second-order valence-electron chi connectivity index (χ2n) is 6.48. The Balaban J connectivity index is 1.61. The number of halogens is 1. The number of aromatic nitrogens is 2. The molecule has 1 N–H and O–H groups in total. The Morgan fingerprint density at radius 3 is 2.61 bits per heavy atom. The Labute approximate surface area is 169 Å². The van der Waals surface area contributed by atoms with E-state index >= 15 is 0 Å². The van der Waals surface area contributed by atoms with Gasteiger partial charge in [0.25, 0.3) is 5.91 Å². The molecule has 0 atom stereocenters. The SMILES string of the molecule is Cc1nn(Cc2ccccc2)c(Cl)c1C(=O)NCCS(=O)(=O)N1CCOCC1. The number of rotatable bonds is 7. The summed E-state index contributed by atoms with van der Waals surface area (Å²) in [4.78, 5) is 12.5. The third kappa shape index (κ3) is 4.91. The van der Waals surface area contributed by atoms with Crippen molar-refractivity contribution in [3.63, 3.8) is 0 Å². The predicted molar refractivity (Wildman–Crippen MR) is 106 cm³/mol. The molecule has 0 aliphatic carbocycles. The molecule has 1 fully saturated rings. The average Bonchev–Trinajstić information content (AvgIpc) is 2.96. The van der Waals surface area contributed by atoms with E-state index in [-0.39, 0.29) is 23.0 Å². The number of carbonyl (C=O) groups is 1. The van der Waals surface area contributed by atoms with Crippen LogP contribution in [0.3, 0.4) is 0 Å². The molecule has 0 spiro atoms. The molecule has 3 rings (SSSR count). The number of sulfonamides is 1. The van der Waals surface area contributed by atoms with Crippen LogP contribution >= 0.6 is 11.6 Å². The monoisotopic (exact) mass is 426 g/mol. The third-order valence-electron chi connectivity index (χ3n) is 4.48. The molecule has 0 unspecified atom stereocenters. The van der Waals surface area contributed by atoms with Crippen LogP contribution in [0.1, 0.15) is 21.6 Å². The first kappa shape index (κ1) is 20.8. The van der Waals surface area contributed by atoms with Gasteiger partial charge in [0.2, 0.25) is 10.0 Å². The van der Waals surface area contributed by atoms with Gasteiger partial charge in [0.05, 0.1) is 36.8 Å². The molecule has 0 radical (unpaired) electrons. The zero-order valence-corrected chi connectivity index (χ0v) is 17.2. The van der Waals surface area contributed by atoms with E-state index in [4.69, 9.17) is 16.3 Å². The Kier molecular flexibility index (Phi) is 6.71. The number of carbonyl (C=O) groups excluding carboxylic acids is 1. The van der Waals surface area contributed by atoms with Crippen LogP contribution in [-0.2, 0) is 21.3 Å².